The summed E-state index contributed by atoms with van der Waals surface area (Å²) in [6.45, 7) is 3.54. The van der Waals surface area contributed by atoms with Crippen LogP contribution in [0.25, 0.3) is 0 Å². The van der Waals surface area contributed by atoms with E-state index in [0.717, 1.165) is 15.6 Å². The van der Waals surface area contributed by atoms with Crippen molar-refractivity contribution in [3.05, 3.63) is 27.7 Å². The SMILES string of the molecule is Cc1cc(Br)cc(CC(C)O)c1O. The highest BCUT2D eigenvalue weighted by Crippen LogP contribution is 2.27. The molecule has 0 aliphatic carbocycles. The van der Waals surface area contributed by atoms with E-state index in [1.165, 1.54) is 0 Å². The summed E-state index contributed by atoms with van der Waals surface area (Å²) in [5.41, 5.74) is 1.60. The molecule has 0 fully saturated rings. The lowest BCUT2D eigenvalue weighted by atomic mass is 10.0. The number of aliphatic hydroxyl groups excluding tert-OH is 1. The normalized spacial score (nSPS) is 12.9. The van der Waals surface area contributed by atoms with E-state index in [4.69, 9.17) is 0 Å². The van der Waals surface area contributed by atoms with Crippen molar-refractivity contribution >= 4 is 15.9 Å². The Morgan fingerprint density at radius 2 is 2.08 bits per heavy atom. The van der Waals surface area contributed by atoms with Crippen molar-refractivity contribution in [1.82, 2.24) is 0 Å². The van der Waals surface area contributed by atoms with Crippen LogP contribution in [0.15, 0.2) is 16.6 Å². The average molecular weight is 245 g/mol. The monoisotopic (exact) mass is 244 g/mol. The Balaban J connectivity index is 3.05. The van der Waals surface area contributed by atoms with Crippen molar-refractivity contribution in [2.45, 2.75) is 26.4 Å². The van der Waals surface area contributed by atoms with Gasteiger partial charge in [0, 0.05) is 10.9 Å². The van der Waals surface area contributed by atoms with E-state index in [0.29, 0.717) is 6.42 Å². The summed E-state index contributed by atoms with van der Waals surface area (Å²) in [5.74, 6) is 0.282. The lowest BCUT2D eigenvalue weighted by molar-refractivity contribution is 0.194. The van der Waals surface area contributed by atoms with Gasteiger partial charge < -0.3 is 10.2 Å². The summed E-state index contributed by atoms with van der Waals surface area (Å²) < 4.78 is 0.929. The predicted molar refractivity (Wildman–Crippen MR) is 55.9 cm³/mol. The average Bonchev–Trinajstić information content (AvgIpc) is 1.98. The quantitative estimate of drug-likeness (QED) is 0.839. The molecular formula is C10H13BrO2. The molecule has 0 spiro atoms. The van der Waals surface area contributed by atoms with E-state index in [9.17, 15) is 10.2 Å². The Hall–Kier alpha value is -0.540. The van der Waals surface area contributed by atoms with Gasteiger partial charge in [-0.25, -0.2) is 0 Å². The molecule has 1 aromatic rings. The van der Waals surface area contributed by atoms with Crippen molar-refractivity contribution in [2.24, 2.45) is 0 Å². The van der Waals surface area contributed by atoms with Crippen LogP contribution in [0, 0.1) is 6.92 Å². The van der Waals surface area contributed by atoms with Crippen LogP contribution in [0.3, 0.4) is 0 Å². The van der Waals surface area contributed by atoms with Gasteiger partial charge >= 0.3 is 0 Å². The van der Waals surface area contributed by atoms with Gasteiger partial charge in [-0.3, -0.25) is 0 Å². The van der Waals surface area contributed by atoms with Crippen LogP contribution < -0.4 is 0 Å². The number of benzene rings is 1. The van der Waals surface area contributed by atoms with Gasteiger partial charge in [0.25, 0.3) is 0 Å². The number of phenolic OH excluding ortho intramolecular Hbond substituents is 1. The Morgan fingerprint density at radius 3 is 2.62 bits per heavy atom. The molecule has 0 amide bonds. The number of halogens is 1. The highest BCUT2D eigenvalue weighted by molar-refractivity contribution is 9.10. The first-order valence-corrected chi connectivity index (χ1v) is 4.96. The number of phenols is 1. The van der Waals surface area contributed by atoms with E-state index in [-0.39, 0.29) is 5.75 Å². The first-order chi connectivity index (χ1) is 6.00. The standard InChI is InChI=1S/C10H13BrO2/c1-6-3-9(11)5-8(10(6)13)4-7(2)12/h3,5,7,12-13H,4H2,1-2H3. The molecule has 0 heterocycles. The number of aryl methyl sites for hydroxylation is 1. The van der Waals surface area contributed by atoms with Crippen molar-refractivity contribution in [1.29, 1.82) is 0 Å². The number of hydrogen-bond acceptors (Lipinski definition) is 2. The topological polar surface area (TPSA) is 40.5 Å². The predicted octanol–water partition coefficient (Wildman–Crippen LogP) is 2.39. The molecule has 2 N–H and O–H groups in total. The van der Waals surface area contributed by atoms with E-state index in [1.54, 1.807) is 6.92 Å². The molecule has 3 heteroatoms. The molecule has 0 saturated heterocycles. The van der Waals surface area contributed by atoms with Gasteiger partial charge in [0.2, 0.25) is 0 Å². The number of aromatic hydroxyl groups is 1. The Morgan fingerprint density at radius 1 is 1.46 bits per heavy atom. The highest BCUT2D eigenvalue weighted by atomic mass is 79.9. The Bertz CT molecular complexity index is 308. The van der Waals surface area contributed by atoms with Crippen LogP contribution in [0.1, 0.15) is 18.1 Å². The highest BCUT2D eigenvalue weighted by Gasteiger charge is 2.08. The molecule has 1 aromatic carbocycles. The first kappa shape index (κ1) is 10.5. The summed E-state index contributed by atoms with van der Waals surface area (Å²) in [6, 6.07) is 3.68. The Labute approximate surface area is 86.3 Å². The van der Waals surface area contributed by atoms with Gasteiger partial charge in [-0.2, -0.15) is 0 Å². The molecule has 1 unspecified atom stereocenters. The lowest BCUT2D eigenvalue weighted by Gasteiger charge is -2.09. The third-order valence-electron chi connectivity index (χ3n) is 1.86. The minimum absolute atomic E-state index is 0.282. The third kappa shape index (κ3) is 2.71. The molecule has 72 valence electrons. The smallest absolute Gasteiger partial charge is 0.121 e. The molecule has 13 heavy (non-hydrogen) atoms. The zero-order chi connectivity index (χ0) is 10.0. The fourth-order valence-corrected chi connectivity index (χ4v) is 1.90. The molecule has 1 rings (SSSR count). The van der Waals surface area contributed by atoms with Gasteiger partial charge in [0.05, 0.1) is 6.10 Å². The minimum atomic E-state index is -0.431. The van der Waals surface area contributed by atoms with E-state index >= 15 is 0 Å². The van der Waals surface area contributed by atoms with Gasteiger partial charge in [0.1, 0.15) is 5.75 Å². The molecule has 0 saturated carbocycles. The van der Waals surface area contributed by atoms with Crippen molar-refractivity contribution in [3.8, 4) is 5.75 Å². The second-order valence-corrected chi connectivity index (χ2v) is 4.20. The van der Waals surface area contributed by atoms with Crippen LogP contribution in [0.5, 0.6) is 5.75 Å². The first-order valence-electron chi connectivity index (χ1n) is 4.16. The van der Waals surface area contributed by atoms with Gasteiger partial charge in [0.15, 0.2) is 0 Å². The third-order valence-corrected chi connectivity index (χ3v) is 2.32. The zero-order valence-electron chi connectivity index (χ0n) is 7.71. The minimum Gasteiger partial charge on any atom is -0.507 e. The number of rotatable bonds is 2. The molecule has 0 aliphatic rings. The van der Waals surface area contributed by atoms with Crippen molar-refractivity contribution in [2.75, 3.05) is 0 Å². The molecule has 0 aromatic heterocycles. The fraction of sp³-hybridized carbons (Fsp3) is 0.400. The maximum absolute atomic E-state index is 9.64. The maximum Gasteiger partial charge on any atom is 0.121 e. The van der Waals surface area contributed by atoms with Crippen LogP contribution in [-0.4, -0.2) is 16.3 Å². The lowest BCUT2D eigenvalue weighted by Crippen LogP contribution is -2.04. The molecule has 0 bridgehead atoms. The second-order valence-electron chi connectivity index (χ2n) is 3.28. The zero-order valence-corrected chi connectivity index (χ0v) is 9.30. The van der Waals surface area contributed by atoms with Crippen LogP contribution >= 0.6 is 15.9 Å². The largest absolute Gasteiger partial charge is 0.507 e. The van der Waals surface area contributed by atoms with E-state index in [2.05, 4.69) is 15.9 Å². The van der Waals surface area contributed by atoms with Crippen LogP contribution in [0.4, 0.5) is 0 Å². The summed E-state index contributed by atoms with van der Waals surface area (Å²) in [7, 11) is 0. The van der Waals surface area contributed by atoms with E-state index in [1.807, 2.05) is 19.1 Å². The van der Waals surface area contributed by atoms with E-state index < -0.39 is 6.10 Å². The number of hydrogen-bond donors (Lipinski definition) is 2. The summed E-state index contributed by atoms with van der Waals surface area (Å²) in [5, 5.41) is 18.8. The summed E-state index contributed by atoms with van der Waals surface area (Å²) >= 11 is 3.34. The van der Waals surface area contributed by atoms with Gasteiger partial charge in [-0.05, 0) is 37.1 Å². The van der Waals surface area contributed by atoms with Gasteiger partial charge in [-0.1, -0.05) is 15.9 Å². The number of aliphatic hydroxyl groups is 1. The molecular weight excluding hydrogens is 232 g/mol. The van der Waals surface area contributed by atoms with Crippen LogP contribution in [-0.2, 0) is 6.42 Å². The molecule has 2 nitrogen and oxygen atoms in total. The van der Waals surface area contributed by atoms with Crippen molar-refractivity contribution in [3.63, 3.8) is 0 Å². The molecule has 1 atom stereocenters. The van der Waals surface area contributed by atoms with Crippen LogP contribution in [0.2, 0.25) is 0 Å². The maximum atomic E-state index is 9.64. The van der Waals surface area contributed by atoms with Gasteiger partial charge in [-0.15, -0.1) is 0 Å². The fourth-order valence-electron chi connectivity index (χ4n) is 1.28. The molecule has 0 aliphatic heterocycles. The van der Waals surface area contributed by atoms with Crippen molar-refractivity contribution < 1.29 is 10.2 Å². The molecule has 0 radical (unpaired) electrons. The second kappa shape index (κ2) is 4.11. The Kier molecular flexibility index (Phi) is 3.33. The summed E-state index contributed by atoms with van der Waals surface area (Å²) in [4.78, 5) is 0. The summed E-state index contributed by atoms with van der Waals surface area (Å²) in [6.07, 6.45) is 0.0474.